The highest BCUT2D eigenvalue weighted by Gasteiger charge is 2.51. The molecule has 0 aromatic heterocycles. The monoisotopic (exact) mass is 443 g/mol. The molecule has 4 amide bonds. The lowest BCUT2D eigenvalue weighted by atomic mass is 9.53. The molecule has 1 aromatic carbocycles. The molecule has 9 nitrogen and oxygen atoms in total. The number of nitrogens with one attached hydrogen (secondary N) is 3. The van der Waals surface area contributed by atoms with E-state index in [9.17, 15) is 19.2 Å². The van der Waals surface area contributed by atoms with Crippen molar-refractivity contribution in [2.24, 2.45) is 17.8 Å². The van der Waals surface area contributed by atoms with Crippen LogP contribution in [0.3, 0.4) is 0 Å². The number of benzene rings is 1. The zero-order valence-corrected chi connectivity index (χ0v) is 18.1. The van der Waals surface area contributed by atoms with Crippen LogP contribution in [0.5, 0.6) is 5.75 Å². The lowest BCUT2D eigenvalue weighted by Crippen LogP contribution is -2.62. The molecule has 0 unspecified atom stereocenters. The molecule has 0 aliphatic heterocycles. The Morgan fingerprint density at radius 1 is 1.00 bits per heavy atom. The van der Waals surface area contributed by atoms with Gasteiger partial charge in [0.2, 0.25) is 0 Å². The molecule has 4 aliphatic carbocycles. The van der Waals surface area contributed by atoms with Crippen molar-refractivity contribution in [3.05, 3.63) is 29.8 Å². The van der Waals surface area contributed by atoms with Crippen LogP contribution >= 0.6 is 0 Å². The number of rotatable bonds is 7. The maximum Gasteiger partial charge on any atom is 0.325 e. The molecule has 5 rings (SSSR count). The first-order valence-corrected chi connectivity index (χ1v) is 11.0. The van der Waals surface area contributed by atoms with Crippen molar-refractivity contribution < 1.29 is 28.7 Å². The summed E-state index contributed by atoms with van der Waals surface area (Å²) in [6.45, 7) is -1.01. The van der Waals surface area contributed by atoms with Crippen molar-refractivity contribution in [1.82, 2.24) is 16.0 Å². The number of carbonyl (C=O) groups is 4. The Labute approximate surface area is 186 Å². The van der Waals surface area contributed by atoms with Crippen LogP contribution in [0.15, 0.2) is 24.3 Å². The third kappa shape index (κ3) is 5.03. The van der Waals surface area contributed by atoms with E-state index in [0.29, 0.717) is 23.5 Å². The second kappa shape index (κ2) is 9.18. The number of ether oxygens (including phenoxy) is 2. The third-order valence-corrected chi connectivity index (χ3v) is 6.78. The van der Waals surface area contributed by atoms with Gasteiger partial charge in [0.25, 0.3) is 11.8 Å². The number of carbonyl (C=O) groups excluding carboxylic acids is 4. The van der Waals surface area contributed by atoms with E-state index < -0.39 is 37.0 Å². The third-order valence-electron chi connectivity index (χ3n) is 6.78. The van der Waals surface area contributed by atoms with Crippen molar-refractivity contribution in [1.29, 1.82) is 0 Å². The largest absolute Gasteiger partial charge is 0.496 e. The number of para-hydroxylation sites is 1. The number of urea groups is 1. The van der Waals surface area contributed by atoms with E-state index >= 15 is 0 Å². The molecule has 3 N–H and O–H groups in total. The SMILES string of the molecule is COc1ccccc1C(=O)NCC(=O)OCC(=O)NC(=O)NC12CC3CC(CC(C3)C1)C2. The minimum Gasteiger partial charge on any atom is -0.496 e. The summed E-state index contributed by atoms with van der Waals surface area (Å²) in [6, 6.07) is 6.05. The van der Waals surface area contributed by atoms with Gasteiger partial charge in [0.15, 0.2) is 6.61 Å². The molecule has 1 aromatic rings. The molecule has 4 bridgehead atoms. The molecule has 4 saturated carbocycles. The zero-order chi connectivity index (χ0) is 22.7. The van der Waals surface area contributed by atoms with Crippen molar-refractivity contribution >= 4 is 23.8 Å². The Kier molecular flexibility index (Phi) is 6.34. The van der Waals surface area contributed by atoms with Crippen LogP contribution in [-0.4, -0.2) is 49.6 Å². The summed E-state index contributed by atoms with van der Waals surface area (Å²) in [5.74, 6) is 0.390. The van der Waals surface area contributed by atoms with Gasteiger partial charge < -0.3 is 20.1 Å². The molecule has 0 saturated heterocycles. The molecular formula is C23H29N3O6. The van der Waals surface area contributed by atoms with Gasteiger partial charge in [0.1, 0.15) is 12.3 Å². The van der Waals surface area contributed by atoms with E-state index in [1.165, 1.54) is 26.4 Å². The second-order valence-electron chi connectivity index (χ2n) is 9.24. The minimum absolute atomic E-state index is 0.210. The number of imide groups is 1. The van der Waals surface area contributed by atoms with E-state index in [4.69, 9.17) is 9.47 Å². The van der Waals surface area contributed by atoms with Crippen LogP contribution in [0, 0.1) is 17.8 Å². The fourth-order valence-corrected chi connectivity index (χ4v) is 5.98. The standard InChI is InChI=1S/C23H29N3O6/c1-31-18-5-3-2-4-17(18)21(29)24-12-20(28)32-13-19(27)25-22(30)26-23-9-14-6-15(10-23)8-16(7-14)11-23/h2-5,14-16H,6-13H2,1H3,(H,24,29)(H2,25,26,27,30). The summed E-state index contributed by atoms with van der Waals surface area (Å²) in [7, 11) is 1.44. The Morgan fingerprint density at radius 2 is 1.62 bits per heavy atom. The second-order valence-corrected chi connectivity index (χ2v) is 9.24. The smallest absolute Gasteiger partial charge is 0.325 e. The molecule has 0 radical (unpaired) electrons. The quantitative estimate of drug-likeness (QED) is 0.552. The first kappa shape index (κ1) is 22.1. The van der Waals surface area contributed by atoms with Gasteiger partial charge >= 0.3 is 12.0 Å². The molecule has 0 spiro atoms. The molecule has 4 fully saturated rings. The van der Waals surface area contributed by atoms with Crippen LogP contribution in [0.2, 0.25) is 0 Å². The Morgan fingerprint density at radius 3 is 2.25 bits per heavy atom. The fraction of sp³-hybridized carbons (Fsp3) is 0.565. The van der Waals surface area contributed by atoms with Gasteiger partial charge in [0, 0.05) is 5.54 Å². The predicted molar refractivity (Wildman–Crippen MR) is 114 cm³/mol. The van der Waals surface area contributed by atoms with Gasteiger partial charge in [-0.25, -0.2) is 4.79 Å². The molecule has 9 heteroatoms. The zero-order valence-electron chi connectivity index (χ0n) is 18.1. The van der Waals surface area contributed by atoms with Gasteiger partial charge in [-0.15, -0.1) is 0 Å². The van der Waals surface area contributed by atoms with Gasteiger partial charge in [-0.2, -0.15) is 0 Å². The number of hydrogen-bond acceptors (Lipinski definition) is 6. The molecule has 32 heavy (non-hydrogen) atoms. The minimum atomic E-state index is -0.787. The van der Waals surface area contributed by atoms with Crippen molar-refractivity contribution in [3.63, 3.8) is 0 Å². The predicted octanol–water partition coefficient (Wildman–Crippen LogP) is 1.76. The average molecular weight is 444 g/mol. The average Bonchev–Trinajstić information content (AvgIpc) is 2.74. The maximum absolute atomic E-state index is 12.4. The summed E-state index contributed by atoms with van der Waals surface area (Å²) in [5.41, 5.74) is 0.0698. The van der Waals surface area contributed by atoms with E-state index in [1.807, 2.05) is 0 Å². The lowest BCUT2D eigenvalue weighted by molar-refractivity contribution is -0.147. The number of hydrogen-bond donors (Lipinski definition) is 3. The summed E-state index contributed by atoms with van der Waals surface area (Å²) in [4.78, 5) is 48.5. The Hall–Kier alpha value is -3.10. The van der Waals surface area contributed by atoms with Crippen molar-refractivity contribution in [2.75, 3.05) is 20.3 Å². The highest BCUT2D eigenvalue weighted by atomic mass is 16.5. The molecule has 0 heterocycles. The Balaban J connectivity index is 1.17. The summed E-state index contributed by atoms with van der Waals surface area (Å²) >= 11 is 0. The highest BCUT2D eigenvalue weighted by molar-refractivity contribution is 5.99. The number of methoxy groups -OCH3 is 1. The van der Waals surface area contributed by atoms with Crippen LogP contribution in [-0.2, 0) is 14.3 Å². The van der Waals surface area contributed by atoms with E-state index in [0.717, 1.165) is 19.3 Å². The highest BCUT2D eigenvalue weighted by Crippen LogP contribution is 2.55. The van der Waals surface area contributed by atoms with E-state index in [2.05, 4.69) is 16.0 Å². The molecule has 4 aliphatic rings. The molecular weight excluding hydrogens is 414 g/mol. The first-order valence-electron chi connectivity index (χ1n) is 11.0. The van der Waals surface area contributed by atoms with Gasteiger partial charge in [-0.1, -0.05) is 12.1 Å². The number of esters is 1. The number of amides is 4. The normalized spacial score (nSPS) is 27.3. The topological polar surface area (TPSA) is 123 Å². The van der Waals surface area contributed by atoms with E-state index in [-0.39, 0.29) is 11.1 Å². The lowest BCUT2D eigenvalue weighted by Gasteiger charge is -2.56. The van der Waals surface area contributed by atoms with Gasteiger partial charge in [-0.05, 0) is 68.4 Å². The van der Waals surface area contributed by atoms with Crippen LogP contribution in [0.1, 0.15) is 48.9 Å². The summed E-state index contributed by atoms with van der Waals surface area (Å²) in [6.07, 6.45) is 6.69. The fourth-order valence-electron chi connectivity index (χ4n) is 5.98. The van der Waals surface area contributed by atoms with Crippen molar-refractivity contribution in [3.8, 4) is 5.75 Å². The van der Waals surface area contributed by atoms with Gasteiger partial charge in [-0.3, -0.25) is 19.7 Å². The molecule has 172 valence electrons. The van der Waals surface area contributed by atoms with Gasteiger partial charge in [0.05, 0.1) is 12.7 Å². The Bertz CT molecular complexity index is 879. The maximum atomic E-state index is 12.4. The van der Waals surface area contributed by atoms with Crippen molar-refractivity contribution in [2.45, 2.75) is 44.1 Å². The summed E-state index contributed by atoms with van der Waals surface area (Å²) < 4.78 is 9.97. The summed E-state index contributed by atoms with van der Waals surface area (Å²) in [5, 5.41) is 7.70. The van der Waals surface area contributed by atoms with Crippen LogP contribution < -0.4 is 20.7 Å². The molecule has 0 atom stereocenters. The van der Waals surface area contributed by atoms with Crippen LogP contribution in [0.25, 0.3) is 0 Å². The first-order chi connectivity index (χ1) is 15.4. The van der Waals surface area contributed by atoms with E-state index in [1.54, 1.807) is 24.3 Å². The van der Waals surface area contributed by atoms with Crippen LogP contribution in [0.4, 0.5) is 4.79 Å².